The molecule has 0 radical (unpaired) electrons. The number of likely N-dealkylation sites (tertiary alicyclic amines) is 1. The van der Waals surface area contributed by atoms with Crippen LogP contribution in [0.1, 0.15) is 45.4 Å². The molecule has 2 saturated carbocycles. The highest BCUT2D eigenvalue weighted by Crippen LogP contribution is 2.54. The predicted octanol–water partition coefficient (Wildman–Crippen LogP) is 2.43. The van der Waals surface area contributed by atoms with Gasteiger partial charge in [-0.3, -0.25) is 4.79 Å². The van der Waals surface area contributed by atoms with Crippen molar-refractivity contribution in [1.29, 1.82) is 0 Å². The SMILES string of the molecule is CCC1CCCN1C(=O)C1CC2CC2C1. The number of carbonyl (C=O) groups is 1. The van der Waals surface area contributed by atoms with Gasteiger partial charge in [0.25, 0.3) is 0 Å². The van der Waals surface area contributed by atoms with Gasteiger partial charge in [0, 0.05) is 18.5 Å². The van der Waals surface area contributed by atoms with Crippen molar-refractivity contribution in [3.63, 3.8) is 0 Å². The smallest absolute Gasteiger partial charge is 0.225 e. The molecule has 2 nitrogen and oxygen atoms in total. The molecule has 0 N–H and O–H groups in total. The zero-order chi connectivity index (χ0) is 10.4. The number of nitrogens with zero attached hydrogens (tertiary/aromatic N) is 1. The fraction of sp³-hybridized carbons (Fsp3) is 0.923. The first-order valence-corrected chi connectivity index (χ1v) is 6.60. The predicted molar refractivity (Wildman–Crippen MR) is 59.3 cm³/mol. The first-order valence-electron chi connectivity index (χ1n) is 6.60. The third kappa shape index (κ3) is 1.58. The highest BCUT2D eigenvalue weighted by atomic mass is 16.2. The molecule has 2 aliphatic carbocycles. The fourth-order valence-corrected chi connectivity index (χ4v) is 3.70. The first kappa shape index (κ1) is 9.68. The number of hydrogen-bond donors (Lipinski definition) is 0. The van der Waals surface area contributed by atoms with Crippen molar-refractivity contribution < 1.29 is 4.79 Å². The Kier molecular flexibility index (Phi) is 2.26. The second-order valence-corrected chi connectivity index (χ2v) is 5.66. The molecule has 0 aromatic carbocycles. The van der Waals surface area contributed by atoms with Crippen molar-refractivity contribution in [2.75, 3.05) is 6.54 Å². The van der Waals surface area contributed by atoms with Crippen LogP contribution in [0, 0.1) is 17.8 Å². The fourth-order valence-electron chi connectivity index (χ4n) is 3.70. The van der Waals surface area contributed by atoms with Crippen molar-refractivity contribution in [2.45, 2.75) is 51.5 Å². The van der Waals surface area contributed by atoms with Gasteiger partial charge in [-0.15, -0.1) is 0 Å². The second-order valence-electron chi connectivity index (χ2n) is 5.66. The van der Waals surface area contributed by atoms with E-state index in [4.69, 9.17) is 0 Å². The minimum Gasteiger partial charge on any atom is -0.339 e. The maximum absolute atomic E-state index is 12.3. The Morgan fingerprint density at radius 1 is 1.27 bits per heavy atom. The summed E-state index contributed by atoms with van der Waals surface area (Å²) in [7, 11) is 0. The quantitative estimate of drug-likeness (QED) is 0.681. The number of carbonyl (C=O) groups excluding carboxylic acids is 1. The molecule has 3 fully saturated rings. The lowest BCUT2D eigenvalue weighted by molar-refractivity contribution is -0.136. The Morgan fingerprint density at radius 3 is 2.67 bits per heavy atom. The zero-order valence-corrected chi connectivity index (χ0v) is 9.61. The van der Waals surface area contributed by atoms with E-state index in [-0.39, 0.29) is 0 Å². The molecule has 0 aromatic heterocycles. The molecule has 3 atom stereocenters. The van der Waals surface area contributed by atoms with Crippen LogP contribution in [0.3, 0.4) is 0 Å². The van der Waals surface area contributed by atoms with Crippen molar-refractivity contribution in [3.8, 4) is 0 Å². The average molecular weight is 207 g/mol. The monoisotopic (exact) mass is 207 g/mol. The van der Waals surface area contributed by atoms with E-state index in [1.54, 1.807) is 0 Å². The highest BCUT2D eigenvalue weighted by Gasteiger charge is 2.49. The topological polar surface area (TPSA) is 20.3 Å². The third-order valence-corrected chi connectivity index (χ3v) is 4.72. The van der Waals surface area contributed by atoms with Crippen molar-refractivity contribution in [3.05, 3.63) is 0 Å². The lowest BCUT2D eigenvalue weighted by atomic mass is 10.0. The van der Waals surface area contributed by atoms with Gasteiger partial charge in [-0.1, -0.05) is 6.92 Å². The molecule has 84 valence electrons. The van der Waals surface area contributed by atoms with Crippen LogP contribution in [0.5, 0.6) is 0 Å². The summed E-state index contributed by atoms with van der Waals surface area (Å²) in [4.78, 5) is 14.5. The van der Waals surface area contributed by atoms with Crippen LogP contribution in [0.4, 0.5) is 0 Å². The Morgan fingerprint density at radius 2 is 2.00 bits per heavy atom. The third-order valence-electron chi connectivity index (χ3n) is 4.72. The Labute approximate surface area is 92.0 Å². The number of rotatable bonds is 2. The molecule has 0 bridgehead atoms. The van der Waals surface area contributed by atoms with Crippen LogP contribution in [0.15, 0.2) is 0 Å². The Hall–Kier alpha value is -0.530. The maximum atomic E-state index is 12.3. The summed E-state index contributed by atoms with van der Waals surface area (Å²) in [6.45, 7) is 3.24. The highest BCUT2D eigenvalue weighted by molar-refractivity contribution is 5.80. The van der Waals surface area contributed by atoms with Gasteiger partial charge in [0.2, 0.25) is 5.91 Å². The number of fused-ring (bicyclic) bond motifs is 1. The summed E-state index contributed by atoms with van der Waals surface area (Å²) in [6.07, 6.45) is 7.44. The molecule has 0 spiro atoms. The molecule has 2 heteroatoms. The molecule has 3 unspecified atom stereocenters. The first-order chi connectivity index (χ1) is 7.29. The van der Waals surface area contributed by atoms with Crippen LogP contribution in [-0.2, 0) is 4.79 Å². The van der Waals surface area contributed by atoms with Crippen molar-refractivity contribution in [1.82, 2.24) is 4.90 Å². The lowest BCUT2D eigenvalue weighted by Gasteiger charge is -2.27. The van der Waals surface area contributed by atoms with Crippen LogP contribution >= 0.6 is 0 Å². The van der Waals surface area contributed by atoms with Crippen LogP contribution < -0.4 is 0 Å². The van der Waals surface area contributed by atoms with Gasteiger partial charge in [-0.25, -0.2) is 0 Å². The normalized spacial score (nSPS) is 43.1. The van der Waals surface area contributed by atoms with Gasteiger partial charge in [0.1, 0.15) is 0 Å². The average Bonchev–Trinajstić information content (AvgIpc) is 2.72. The molecular formula is C13H21NO. The van der Waals surface area contributed by atoms with E-state index in [0.717, 1.165) is 24.8 Å². The summed E-state index contributed by atoms with van der Waals surface area (Å²) < 4.78 is 0. The van der Waals surface area contributed by atoms with Crippen LogP contribution in [-0.4, -0.2) is 23.4 Å². The molecule has 1 aliphatic heterocycles. The second kappa shape index (κ2) is 3.50. The summed E-state index contributed by atoms with van der Waals surface area (Å²) in [5, 5.41) is 0. The molecule has 3 aliphatic rings. The number of hydrogen-bond acceptors (Lipinski definition) is 1. The van der Waals surface area contributed by atoms with Crippen molar-refractivity contribution >= 4 is 5.91 Å². The van der Waals surface area contributed by atoms with Crippen LogP contribution in [0.2, 0.25) is 0 Å². The van der Waals surface area contributed by atoms with Gasteiger partial charge in [0.05, 0.1) is 0 Å². The standard InChI is InChI=1S/C13H21NO/c1-2-12-4-3-5-14(12)13(15)11-7-9-6-10(9)8-11/h9-12H,2-8H2,1H3. The molecule has 1 saturated heterocycles. The van der Waals surface area contributed by atoms with E-state index < -0.39 is 0 Å². The van der Waals surface area contributed by atoms with E-state index >= 15 is 0 Å². The lowest BCUT2D eigenvalue weighted by Crippen LogP contribution is -2.39. The van der Waals surface area contributed by atoms with Gasteiger partial charge < -0.3 is 4.90 Å². The molecule has 0 aromatic rings. The van der Waals surface area contributed by atoms with E-state index in [1.807, 2.05) is 0 Å². The van der Waals surface area contributed by atoms with E-state index in [2.05, 4.69) is 11.8 Å². The zero-order valence-electron chi connectivity index (χ0n) is 9.61. The van der Waals surface area contributed by atoms with Gasteiger partial charge in [0.15, 0.2) is 0 Å². The molecule has 1 heterocycles. The summed E-state index contributed by atoms with van der Waals surface area (Å²) in [5.74, 6) is 2.76. The molecule has 3 rings (SSSR count). The molecule has 1 amide bonds. The summed E-state index contributed by atoms with van der Waals surface area (Å²) in [6, 6.07) is 0.564. The van der Waals surface area contributed by atoms with E-state index in [0.29, 0.717) is 17.9 Å². The maximum Gasteiger partial charge on any atom is 0.225 e. The summed E-state index contributed by atoms with van der Waals surface area (Å²) in [5.41, 5.74) is 0. The number of amides is 1. The van der Waals surface area contributed by atoms with E-state index in [9.17, 15) is 4.79 Å². The summed E-state index contributed by atoms with van der Waals surface area (Å²) >= 11 is 0. The van der Waals surface area contributed by atoms with Crippen LogP contribution in [0.25, 0.3) is 0 Å². The largest absolute Gasteiger partial charge is 0.339 e. The van der Waals surface area contributed by atoms with Gasteiger partial charge in [-0.05, 0) is 50.4 Å². The van der Waals surface area contributed by atoms with Gasteiger partial charge >= 0.3 is 0 Å². The molecular weight excluding hydrogens is 186 g/mol. The van der Waals surface area contributed by atoms with Crippen molar-refractivity contribution in [2.24, 2.45) is 17.8 Å². The molecule has 15 heavy (non-hydrogen) atoms. The van der Waals surface area contributed by atoms with Gasteiger partial charge in [-0.2, -0.15) is 0 Å². The minimum absolute atomic E-state index is 0.404. The Balaban J connectivity index is 1.63. The Bertz CT molecular complexity index is 266. The minimum atomic E-state index is 0.404. The van der Waals surface area contributed by atoms with E-state index in [1.165, 1.54) is 32.1 Å².